The molecule has 0 aromatic carbocycles. The van der Waals surface area contributed by atoms with Crippen LogP contribution in [0.1, 0.15) is 49.4 Å². The van der Waals surface area contributed by atoms with Crippen molar-refractivity contribution < 1.29 is 25.2 Å². The average Bonchev–Trinajstić information content (AvgIpc) is 3.20. The van der Waals surface area contributed by atoms with E-state index in [-0.39, 0.29) is 28.2 Å². The van der Waals surface area contributed by atoms with Gasteiger partial charge in [-0.15, -0.1) is 0 Å². The predicted octanol–water partition coefficient (Wildman–Crippen LogP) is 2.57. The van der Waals surface area contributed by atoms with E-state index in [4.69, 9.17) is 6.85 Å². The number of imidazole rings is 1. The summed E-state index contributed by atoms with van der Waals surface area (Å²) >= 11 is 0.603. The molecule has 10 heteroatoms. The number of urea groups is 1. The molecule has 1 atom stereocenters. The van der Waals surface area contributed by atoms with Crippen LogP contribution in [-0.2, 0) is 17.8 Å². The minimum atomic E-state index is -3.02. The molecular formula is C14H19F2N5O2S. The van der Waals surface area contributed by atoms with Crippen molar-refractivity contribution in [2.24, 2.45) is 0 Å². The molecule has 0 spiro atoms. The molecule has 132 valence electrons. The Labute approximate surface area is 148 Å². The molecule has 1 aliphatic heterocycles. The van der Waals surface area contributed by atoms with Crippen molar-refractivity contribution in [3.63, 3.8) is 0 Å². The van der Waals surface area contributed by atoms with Gasteiger partial charge in [0.2, 0.25) is 4.96 Å². The van der Waals surface area contributed by atoms with Crippen LogP contribution in [-0.4, -0.2) is 45.2 Å². The summed E-state index contributed by atoms with van der Waals surface area (Å²) in [5, 5.41) is 6.32. The number of alkyl halides is 2. The largest absolute Gasteiger partial charge is 0.377 e. The molecule has 1 saturated heterocycles. The number of nitrogens with zero attached hydrogens (tertiary/aromatic N) is 4. The number of aromatic nitrogens is 3. The summed E-state index contributed by atoms with van der Waals surface area (Å²) < 4.78 is 69.2. The number of rotatable bonds is 7. The highest BCUT2D eigenvalue weighted by molar-refractivity contribution is 7.16. The quantitative estimate of drug-likeness (QED) is 0.820. The Morgan fingerprint density at radius 3 is 3.17 bits per heavy atom. The van der Waals surface area contributed by atoms with E-state index in [9.17, 15) is 13.6 Å². The smallest absolute Gasteiger partial charge is 0.318 e. The molecule has 1 N–H and O–H groups in total. The fourth-order valence-corrected chi connectivity index (χ4v) is 3.46. The van der Waals surface area contributed by atoms with Crippen LogP contribution >= 0.6 is 11.3 Å². The fourth-order valence-electron chi connectivity index (χ4n) is 2.70. The van der Waals surface area contributed by atoms with Crippen LogP contribution in [0.5, 0.6) is 0 Å². The van der Waals surface area contributed by atoms with Crippen molar-refractivity contribution in [1.29, 1.82) is 0 Å². The van der Waals surface area contributed by atoms with Gasteiger partial charge in [0.05, 0.1) is 25.7 Å². The lowest BCUT2D eigenvalue weighted by atomic mass is 10.2. The average molecular weight is 364 g/mol. The Morgan fingerprint density at radius 1 is 1.62 bits per heavy atom. The second-order valence-electron chi connectivity index (χ2n) is 5.37. The van der Waals surface area contributed by atoms with E-state index in [0.29, 0.717) is 17.9 Å². The number of hydrogen-bond donors (Lipinski definition) is 1. The lowest BCUT2D eigenvalue weighted by molar-refractivity contribution is 0.143. The number of hydrogen-bond acceptors (Lipinski definition) is 5. The molecule has 2 aromatic heterocycles. The number of fused-ring (bicyclic) bond motifs is 1. The highest BCUT2D eigenvalue weighted by Crippen LogP contribution is 2.28. The molecule has 2 aromatic rings. The summed E-state index contributed by atoms with van der Waals surface area (Å²) in [6, 6.07) is -0.478. The third kappa shape index (κ3) is 3.20. The predicted molar refractivity (Wildman–Crippen MR) is 84.2 cm³/mol. The van der Waals surface area contributed by atoms with Crippen LogP contribution in [0, 0.1) is 0 Å². The standard InChI is InChI=1S/C14H19F2N5O2S/c1-3-4-8-5-20(13(22)17-8)6-9-11(12(15)16)18-14-21(9)19-10(24-14)7-23-2/h8,12H,3-7H2,1-2H3,(H,17,22)/t8-/m0/s1/i2D3,7D2. The molecule has 0 radical (unpaired) electrons. The second kappa shape index (κ2) is 6.98. The number of carbonyl (C=O) groups excluding carboxylic acids is 1. The maximum Gasteiger partial charge on any atom is 0.318 e. The van der Waals surface area contributed by atoms with E-state index >= 15 is 0 Å². The van der Waals surface area contributed by atoms with Gasteiger partial charge in [0, 0.05) is 19.6 Å². The van der Waals surface area contributed by atoms with Gasteiger partial charge in [-0.3, -0.25) is 0 Å². The lowest BCUT2D eigenvalue weighted by Crippen LogP contribution is -2.29. The minimum Gasteiger partial charge on any atom is -0.377 e. The molecule has 3 rings (SSSR count). The van der Waals surface area contributed by atoms with Crippen LogP contribution in [0.15, 0.2) is 0 Å². The van der Waals surface area contributed by atoms with Gasteiger partial charge in [-0.2, -0.15) is 5.10 Å². The Morgan fingerprint density at radius 2 is 2.46 bits per heavy atom. The first kappa shape index (κ1) is 11.7. The van der Waals surface area contributed by atoms with E-state index in [0.717, 1.165) is 17.4 Å². The maximum absolute atomic E-state index is 13.5. The van der Waals surface area contributed by atoms with E-state index in [2.05, 4.69) is 20.1 Å². The Balaban J connectivity index is 1.94. The van der Waals surface area contributed by atoms with Gasteiger partial charge in [0.1, 0.15) is 10.7 Å². The number of methoxy groups -OCH3 is 1. The normalized spacial score (nSPS) is 22.3. The summed E-state index contributed by atoms with van der Waals surface area (Å²) in [6.07, 6.45) is -1.32. The van der Waals surface area contributed by atoms with Crippen molar-refractivity contribution in [2.45, 2.75) is 45.3 Å². The Bertz CT molecular complexity index is 903. The van der Waals surface area contributed by atoms with Gasteiger partial charge in [0.25, 0.3) is 6.43 Å². The van der Waals surface area contributed by atoms with E-state index in [1.54, 1.807) is 0 Å². The van der Waals surface area contributed by atoms with Crippen molar-refractivity contribution in [2.75, 3.05) is 13.6 Å². The second-order valence-corrected chi connectivity index (χ2v) is 6.32. The topological polar surface area (TPSA) is 71.8 Å². The molecule has 1 aliphatic rings. The zero-order valence-corrected chi connectivity index (χ0v) is 13.6. The van der Waals surface area contributed by atoms with Crippen LogP contribution in [0.2, 0.25) is 0 Å². The summed E-state index contributed by atoms with van der Waals surface area (Å²) in [6.45, 7) is -0.659. The molecule has 7 nitrogen and oxygen atoms in total. The summed E-state index contributed by atoms with van der Waals surface area (Å²) in [7, 11) is -3.02. The Kier molecular flexibility index (Phi) is 3.40. The highest BCUT2D eigenvalue weighted by Gasteiger charge is 2.31. The summed E-state index contributed by atoms with van der Waals surface area (Å²) in [5.41, 5.74) is -0.617. The zero-order chi connectivity index (χ0) is 21.6. The lowest BCUT2D eigenvalue weighted by Gasteiger charge is -2.14. The number of nitrogens with one attached hydrogen (secondary N) is 1. The number of halogens is 2. The van der Waals surface area contributed by atoms with Crippen LogP contribution < -0.4 is 5.32 Å². The van der Waals surface area contributed by atoms with Crippen molar-refractivity contribution in [3.8, 4) is 0 Å². The molecule has 3 heterocycles. The molecule has 24 heavy (non-hydrogen) atoms. The SMILES string of the molecule is [2H]C([2H])([2H])OC([2H])([2H])c1nn2c(CN3C[C@H](CCC)NC3=O)c(C(F)F)nc2s1. The summed E-state index contributed by atoms with van der Waals surface area (Å²) in [5.74, 6) is 0. The molecule has 2 amide bonds. The molecular weight excluding hydrogens is 340 g/mol. The third-order valence-corrected chi connectivity index (χ3v) is 4.51. The molecule has 0 saturated carbocycles. The van der Waals surface area contributed by atoms with E-state index in [1.807, 2.05) is 6.92 Å². The van der Waals surface area contributed by atoms with Gasteiger partial charge in [-0.25, -0.2) is 23.1 Å². The zero-order valence-electron chi connectivity index (χ0n) is 17.8. The number of amides is 2. The fraction of sp³-hybridized carbons (Fsp3) is 0.643. The number of carbonyl (C=O) groups is 1. The van der Waals surface area contributed by atoms with Gasteiger partial charge in [0.15, 0.2) is 0 Å². The maximum atomic E-state index is 13.5. The van der Waals surface area contributed by atoms with Gasteiger partial charge >= 0.3 is 6.03 Å². The first-order valence-corrected chi connectivity index (χ1v) is 8.15. The monoisotopic (exact) mass is 364 g/mol. The van der Waals surface area contributed by atoms with Crippen LogP contribution in [0.3, 0.4) is 0 Å². The van der Waals surface area contributed by atoms with Crippen molar-refractivity contribution >= 4 is 22.3 Å². The Hall–Kier alpha value is -1.81. The van der Waals surface area contributed by atoms with Gasteiger partial charge in [-0.05, 0) is 6.42 Å². The number of ether oxygens (including phenoxy) is 1. The molecule has 0 unspecified atom stereocenters. The van der Waals surface area contributed by atoms with Crippen molar-refractivity contribution in [3.05, 3.63) is 16.4 Å². The minimum absolute atomic E-state index is 0.0481. The van der Waals surface area contributed by atoms with Gasteiger partial charge < -0.3 is 15.0 Å². The van der Waals surface area contributed by atoms with Gasteiger partial charge in [-0.1, -0.05) is 24.7 Å². The highest BCUT2D eigenvalue weighted by atomic mass is 32.1. The van der Waals surface area contributed by atoms with E-state index in [1.165, 1.54) is 4.90 Å². The van der Waals surface area contributed by atoms with Crippen LogP contribution in [0.25, 0.3) is 4.96 Å². The molecule has 0 bridgehead atoms. The van der Waals surface area contributed by atoms with E-state index < -0.39 is 31.7 Å². The van der Waals surface area contributed by atoms with Crippen molar-refractivity contribution in [1.82, 2.24) is 24.8 Å². The van der Waals surface area contributed by atoms with Crippen LogP contribution in [0.4, 0.5) is 13.6 Å². The molecule has 1 fully saturated rings. The molecule has 0 aliphatic carbocycles. The third-order valence-electron chi connectivity index (χ3n) is 3.71. The first-order chi connectivity index (χ1) is 13.4. The first-order valence-electron chi connectivity index (χ1n) is 9.84. The summed E-state index contributed by atoms with van der Waals surface area (Å²) in [4.78, 5) is 17.3.